The average molecular weight is 171 g/mol. The molecular formula is C10H19O2-. The number of unbranched alkanes of at least 4 members (excludes halogenated alkanes) is 3. The Balaban J connectivity index is 0. The summed E-state index contributed by atoms with van der Waals surface area (Å²) in [5.41, 5.74) is 0.0648. The summed E-state index contributed by atoms with van der Waals surface area (Å²) in [6.07, 6.45) is 5.54. The smallest absolute Gasteiger partial charge is 0.0666 e. The van der Waals surface area contributed by atoms with E-state index in [-0.39, 0.29) is 5.57 Å². The molecule has 0 bridgehead atoms. The van der Waals surface area contributed by atoms with Gasteiger partial charge in [0.1, 0.15) is 0 Å². The van der Waals surface area contributed by atoms with Crippen molar-refractivity contribution in [2.45, 2.75) is 46.5 Å². The number of aliphatic carboxylic acids is 1. The van der Waals surface area contributed by atoms with Crippen LogP contribution in [0.2, 0.25) is 0 Å². The van der Waals surface area contributed by atoms with Crippen molar-refractivity contribution >= 4 is 5.97 Å². The average Bonchev–Trinajstić information content (AvgIpc) is 2.02. The van der Waals surface area contributed by atoms with Gasteiger partial charge in [0.2, 0.25) is 0 Å². The van der Waals surface area contributed by atoms with Crippen LogP contribution in [0.25, 0.3) is 0 Å². The SMILES string of the molecule is C=C(C)C(=O)[O-].CCCCCC. The van der Waals surface area contributed by atoms with Crippen molar-refractivity contribution < 1.29 is 9.90 Å². The Morgan fingerprint density at radius 1 is 1.25 bits per heavy atom. The van der Waals surface area contributed by atoms with Crippen LogP contribution in [0.4, 0.5) is 0 Å². The highest BCUT2D eigenvalue weighted by molar-refractivity contribution is 5.82. The zero-order valence-corrected chi connectivity index (χ0v) is 8.35. The Morgan fingerprint density at radius 3 is 1.58 bits per heavy atom. The molecule has 0 N–H and O–H groups in total. The first-order chi connectivity index (χ1) is 5.56. The van der Waals surface area contributed by atoms with Gasteiger partial charge in [0.15, 0.2) is 0 Å². The van der Waals surface area contributed by atoms with Gasteiger partial charge in [-0.25, -0.2) is 0 Å². The number of carbonyl (C=O) groups excluding carboxylic acids is 1. The second-order valence-electron chi connectivity index (χ2n) is 2.77. The number of hydrogen-bond acceptors (Lipinski definition) is 2. The fourth-order valence-electron chi connectivity index (χ4n) is 0.500. The van der Waals surface area contributed by atoms with E-state index in [0.717, 1.165) is 0 Å². The van der Waals surface area contributed by atoms with E-state index >= 15 is 0 Å². The first-order valence-corrected chi connectivity index (χ1v) is 4.43. The summed E-state index contributed by atoms with van der Waals surface area (Å²) in [5.74, 6) is -1.19. The molecule has 0 radical (unpaired) electrons. The molecule has 0 unspecified atom stereocenters. The molecule has 0 aromatic rings. The van der Waals surface area contributed by atoms with Crippen molar-refractivity contribution in [2.24, 2.45) is 0 Å². The van der Waals surface area contributed by atoms with Crippen molar-refractivity contribution in [1.82, 2.24) is 0 Å². The van der Waals surface area contributed by atoms with Crippen LogP contribution in [0.15, 0.2) is 12.2 Å². The first-order valence-electron chi connectivity index (χ1n) is 4.43. The highest BCUT2D eigenvalue weighted by Gasteiger charge is 1.76. The molecule has 0 saturated heterocycles. The van der Waals surface area contributed by atoms with Crippen LogP contribution in [-0.2, 0) is 4.79 Å². The highest BCUT2D eigenvalue weighted by atomic mass is 16.4. The maximum atomic E-state index is 9.49. The molecule has 0 rings (SSSR count). The van der Waals surface area contributed by atoms with Gasteiger partial charge in [-0.1, -0.05) is 46.1 Å². The molecule has 12 heavy (non-hydrogen) atoms. The minimum Gasteiger partial charge on any atom is -0.545 e. The van der Waals surface area contributed by atoms with Crippen LogP contribution in [0.5, 0.6) is 0 Å². The van der Waals surface area contributed by atoms with Crippen LogP contribution in [0.3, 0.4) is 0 Å². The van der Waals surface area contributed by atoms with Crippen LogP contribution < -0.4 is 5.11 Å². The van der Waals surface area contributed by atoms with Gasteiger partial charge < -0.3 is 9.90 Å². The number of carbonyl (C=O) groups is 1. The van der Waals surface area contributed by atoms with Crippen molar-refractivity contribution in [3.05, 3.63) is 12.2 Å². The van der Waals surface area contributed by atoms with Gasteiger partial charge in [0, 0.05) is 0 Å². The summed E-state index contributed by atoms with van der Waals surface area (Å²) in [6, 6.07) is 0. The molecule has 0 fully saturated rings. The van der Waals surface area contributed by atoms with Crippen molar-refractivity contribution in [1.29, 1.82) is 0 Å². The van der Waals surface area contributed by atoms with Crippen LogP contribution >= 0.6 is 0 Å². The molecule has 2 nitrogen and oxygen atoms in total. The molecule has 0 amide bonds. The van der Waals surface area contributed by atoms with Gasteiger partial charge >= 0.3 is 0 Å². The molecule has 0 aromatic carbocycles. The predicted molar refractivity (Wildman–Crippen MR) is 49.6 cm³/mol. The maximum absolute atomic E-state index is 9.49. The summed E-state index contributed by atoms with van der Waals surface area (Å²) in [7, 11) is 0. The van der Waals surface area contributed by atoms with E-state index in [2.05, 4.69) is 20.4 Å². The zero-order chi connectivity index (χ0) is 9.98. The quantitative estimate of drug-likeness (QED) is 0.478. The third-order valence-electron chi connectivity index (χ3n) is 1.31. The topological polar surface area (TPSA) is 40.1 Å². The van der Waals surface area contributed by atoms with E-state index in [0.29, 0.717) is 0 Å². The predicted octanol–water partition coefficient (Wildman–Crippen LogP) is 1.90. The van der Waals surface area contributed by atoms with Gasteiger partial charge in [-0.15, -0.1) is 0 Å². The second-order valence-corrected chi connectivity index (χ2v) is 2.77. The summed E-state index contributed by atoms with van der Waals surface area (Å²) < 4.78 is 0. The van der Waals surface area contributed by atoms with Crippen molar-refractivity contribution in [2.75, 3.05) is 0 Å². The third-order valence-corrected chi connectivity index (χ3v) is 1.31. The van der Waals surface area contributed by atoms with Crippen molar-refractivity contribution in [3.8, 4) is 0 Å². The molecule has 0 aromatic heterocycles. The molecular weight excluding hydrogens is 152 g/mol. The number of hydrogen-bond donors (Lipinski definition) is 0. The standard InChI is InChI=1S/C6H14.C4H6O2/c1-3-5-6-4-2;1-3(2)4(5)6/h3-6H2,1-2H3;1H2,2H3,(H,5,6)/p-1. The summed E-state index contributed by atoms with van der Waals surface area (Å²) >= 11 is 0. The minimum atomic E-state index is -1.19. The van der Waals surface area contributed by atoms with E-state index in [1.165, 1.54) is 32.6 Å². The molecule has 0 spiro atoms. The lowest BCUT2D eigenvalue weighted by Crippen LogP contribution is -2.22. The van der Waals surface area contributed by atoms with E-state index in [1.807, 2.05) is 0 Å². The lowest BCUT2D eigenvalue weighted by Gasteiger charge is -1.93. The first kappa shape index (κ1) is 13.8. The van der Waals surface area contributed by atoms with Crippen LogP contribution in [-0.4, -0.2) is 5.97 Å². The fraction of sp³-hybridized carbons (Fsp3) is 0.700. The van der Waals surface area contributed by atoms with Gasteiger partial charge in [-0.05, 0) is 12.5 Å². The molecule has 0 atom stereocenters. The Labute approximate surface area is 75.3 Å². The lowest BCUT2D eigenvalue weighted by atomic mass is 10.2. The van der Waals surface area contributed by atoms with Gasteiger partial charge in [0.05, 0.1) is 5.97 Å². The Morgan fingerprint density at radius 2 is 1.50 bits per heavy atom. The number of carboxylic acids is 1. The highest BCUT2D eigenvalue weighted by Crippen LogP contribution is 1.95. The third kappa shape index (κ3) is 16.1. The van der Waals surface area contributed by atoms with E-state index in [1.54, 1.807) is 0 Å². The van der Waals surface area contributed by atoms with E-state index < -0.39 is 5.97 Å². The number of rotatable bonds is 4. The van der Waals surface area contributed by atoms with E-state index in [4.69, 9.17) is 0 Å². The zero-order valence-electron chi connectivity index (χ0n) is 8.35. The van der Waals surface area contributed by atoms with E-state index in [9.17, 15) is 9.90 Å². The number of carboxylic acid groups (broad SMARTS) is 1. The van der Waals surface area contributed by atoms with Crippen LogP contribution in [0, 0.1) is 0 Å². The Bertz CT molecular complexity index is 112. The van der Waals surface area contributed by atoms with Gasteiger partial charge in [-0.3, -0.25) is 0 Å². The molecule has 2 heteroatoms. The molecule has 0 heterocycles. The summed E-state index contributed by atoms with van der Waals surface area (Å²) in [6.45, 7) is 8.94. The normalized spacial score (nSPS) is 8.25. The largest absolute Gasteiger partial charge is 0.545 e. The molecule has 0 aliphatic carbocycles. The van der Waals surface area contributed by atoms with Crippen LogP contribution in [0.1, 0.15) is 46.5 Å². The molecule has 72 valence electrons. The summed E-state index contributed by atoms with van der Waals surface area (Å²) in [5, 5.41) is 9.49. The fourth-order valence-corrected chi connectivity index (χ4v) is 0.500. The molecule has 0 saturated carbocycles. The molecule has 0 aliphatic heterocycles. The van der Waals surface area contributed by atoms with Gasteiger partial charge in [0.25, 0.3) is 0 Å². The lowest BCUT2D eigenvalue weighted by molar-refractivity contribution is -0.299. The molecule has 0 aliphatic rings. The van der Waals surface area contributed by atoms with Crippen molar-refractivity contribution in [3.63, 3.8) is 0 Å². The minimum absolute atomic E-state index is 0.0648. The summed E-state index contributed by atoms with van der Waals surface area (Å²) in [4.78, 5) is 9.49. The van der Waals surface area contributed by atoms with Gasteiger partial charge in [-0.2, -0.15) is 0 Å². The maximum Gasteiger partial charge on any atom is 0.0666 e. The Kier molecular flexibility index (Phi) is 11.7. The monoisotopic (exact) mass is 171 g/mol. The Hall–Kier alpha value is -0.790. The second kappa shape index (κ2) is 10.2.